The van der Waals surface area contributed by atoms with Gasteiger partial charge in [0, 0.05) is 32.6 Å². The first-order valence-corrected chi connectivity index (χ1v) is 15.9. The highest BCUT2D eigenvalue weighted by molar-refractivity contribution is 6.27. The fourth-order valence-corrected chi connectivity index (χ4v) is 7.70. The molecule has 0 atom stereocenters. The molecule has 10 rings (SSSR count). The Bertz CT molecular complexity index is 2780. The van der Waals surface area contributed by atoms with Gasteiger partial charge in [-0.15, -0.1) is 0 Å². The molecule has 0 bridgehead atoms. The van der Waals surface area contributed by atoms with Gasteiger partial charge < -0.3 is 9.13 Å². The summed E-state index contributed by atoms with van der Waals surface area (Å²) in [5, 5.41) is 10.0. The van der Waals surface area contributed by atoms with Gasteiger partial charge in [-0.1, -0.05) is 127 Å². The van der Waals surface area contributed by atoms with Crippen molar-refractivity contribution >= 4 is 65.2 Å². The summed E-state index contributed by atoms with van der Waals surface area (Å²) in [5.41, 5.74) is 9.71. The van der Waals surface area contributed by atoms with E-state index in [-0.39, 0.29) is 0 Å². The third kappa shape index (κ3) is 3.53. The highest BCUT2D eigenvalue weighted by Crippen LogP contribution is 2.44. The van der Waals surface area contributed by atoms with Crippen LogP contribution in [0.1, 0.15) is 0 Å². The summed E-state index contributed by atoms with van der Waals surface area (Å²) in [6.45, 7) is 0. The van der Waals surface area contributed by atoms with Crippen LogP contribution in [0, 0.1) is 0 Å². The zero-order valence-electron chi connectivity index (χ0n) is 25.1. The van der Waals surface area contributed by atoms with Gasteiger partial charge in [-0.25, -0.2) is 0 Å². The normalized spacial score (nSPS) is 11.9. The van der Waals surface area contributed by atoms with E-state index in [2.05, 4.69) is 179 Å². The summed E-state index contributed by atoms with van der Waals surface area (Å²) in [6, 6.07) is 62.0. The average molecular weight is 585 g/mol. The van der Waals surface area contributed by atoms with Crippen molar-refractivity contribution in [2.24, 2.45) is 0 Å². The van der Waals surface area contributed by atoms with E-state index in [0.29, 0.717) is 0 Å². The smallest absolute Gasteiger partial charge is 0.0641 e. The molecule has 0 aliphatic heterocycles. The molecular weight excluding hydrogens is 556 g/mol. The molecule has 0 unspecified atom stereocenters. The third-order valence-corrected chi connectivity index (χ3v) is 9.67. The monoisotopic (exact) mass is 584 g/mol. The number of rotatable bonds is 3. The van der Waals surface area contributed by atoms with E-state index in [1.165, 1.54) is 87.7 Å². The highest BCUT2D eigenvalue weighted by Gasteiger charge is 2.22. The van der Waals surface area contributed by atoms with Gasteiger partial charge in [0.1, 0.15) is 0 Å². The number of aromatic nitrogens is 2. The van der Waals surface area contributed by atoms with E-state index >= 15 is 0 Å². The van der Waals surface area contributed by atoms with Crippen LogP contribution in [0.15, 0.2) is 170 Å². The van der Waals surface area contributed by atoms with E-state index in [9.17, 15) is 0 Å². The van der Waals surface area contributed by atoms with Gasteiger partial charge in [0.25, 0.3) is 0 Å². The summed E-state index contributed by atoms with van der Waals surface area (Å²) < 4.78 is 4.96. The molecule has 0 radical (unpaired) electrons. The predicted molar refractivity (Wildman–Crippen MR) is 196 cm³/mol. The molecule has 0 amide bonds. The van der Waals surface area contributed by atoms with E-state index in [0.717, 1.165) is 0 Å². The lowest BCUT2D eigenvalue weighted by atomic mass is 9.97. The molecule has 46 heavy (non-hydrogen) atoms. The van der Waals surface area contributed by atoms with Crippen molar-refractivity contribution < 1.29 is 0 Å². The van der Waals surface area contributed by atoms with Gasteiger partial charge in [-0.05, 0) is 69.8 Å². The Morgan fingerprint density at radius 2 is 1.02 bits per heavy atom. The number of benzene rings is 8. The minimum absolute atomic E-state index is 1.17. The Balaban J connectivity index is 1.42. The highest BCUT2D eigenvalue weighted by atomic mass is 15.0. The number of nitrogens with zero attached hydrogens (tertiary/aromatic N) is 2. The van der Waals surface area contributed by atoms with Crippen LogP contribution in [-0.4, -0.2) is 9.13 Å². The van der Waals surface area contributed by atoms with E-state index in [1.807, 2.05) is 0 Å². The van der Waals surface area contributed by atoms with Crippen molar-refractivity contribution in [2.75, 3.05) is 0 Å². The lowest BCUT2D eigenvalue weighted by Gasteiger charge is -2.14. The number of hydrogen-bond donors (Lipinski definition) is 0. The topological polar surface area (TPSA) is 9.86 Å². The molecule has 2 nitrogen and oxygen atoms in total. The fraction of sp³-hybridized carbons (Fsp3) is 0. The Morgan fingerprint density at radius 1 is 0.348 bits per heavy atom. The maximum absolute atomic E-state index is 2.50. The van der Waals surface area contributed by atoms with Gasteiger partial charge in [0.2, 0.25) is 0 Å². The summed E-state index contributed by atoms with van der Waals surface area (Å²) in [5.74, 6) is 0. The maximum Gasteiger partial charge on any atom is 0.0641 e. The summed E-state index contributed by atoms with van der Waals surface area (Å²) >= 11 is 0. The second-order valence-electron chi connectivity index (χ2n) is 12.1. The van der Waals surface area contributed by atoms with Gasteiger partial charge in [0.05, 0.1) is 27.8 Å². The van der Waals surface area contributed by atoms with Gasteiger partial charge in [-0.2, -0.15) is 0 Å². The van der Waals surface area contributed by atoms with Crippen LogP contribution in [0.4, 0.5) is 0 Å². The SMILES string of the molecule is c1ccc(-c2cccc3c(-n4c5cc6ccccc6cc5c5c4ccc4c6ccccc6n(-c6ccccc6)c45)cccc23)cc1. The van der Waals surface area contributed by atoms with Crippen molar-refractivity contribution in [2.45, 2.75) is 0 Å². The minimum atomic E-state index is 1.17. The molecule has 214 valence electrons. The molecule has 0 saturated heterocycles. The van der Waals surface area contributed by atoms with Crippen LogP contribution < -0.4 is 0 Å². The molecule has 0 saturated carbocycles. The van der Waals surface area contributed by atoms with Gasteiger partial charge in [-0.3, -0.25) is 0 Å². The Hall–Kier alpha value is -6.12. The number of fused-ring (bicyclic) bond motifs is 9. The van der Waals surface area contributed by atoms with Crippen molar-refractivity contribution in [1.29, 1.82) is 0 Å². The zero-order chi connectivity index (χ0) is 30.2. The van der Waals surface area contributed by atoms with E-state index in [4.69, 9.17) is 0 Å². The van der Waals surface area contributed by atoms with Crippen LogP contribution >= 0.6 is 0 Å². The van der Waals surface area contributed by atoms with Crippen LogP contribution in [0.5, 0.6) is 0 Å². The summed E-state index contributed by atoms with van der Waals surface area (Å²) in [7, 11) is 0. The first kappa shape index (κ1) is 25.2. The molecule has 0 fully saturated rings. The Morgan fingerprint density at radius 3 is 1.87 bits per heavy atom. The first-order valence-electron chi connectivity index (χ1n) is 15.9. The summed E-state index contributed by atoms with van der Waals surface area (Å²) in [6.07, 6.45) is 0. The fourth-order valence-electron chi connectivity index (χ4n) is 7.70. The van der Waals surface area contributed by atoms with Crippen molar-refractivity contribution in [3.8, 4) is 22.5 Å². The molecule has 2 aromatic heterocycles. The van der Waals surface area contributed by atoms with E-state index < -0.39 is 0 Å². The summed E-state index contributed by atoms with van der Waals surface area (Å²) in [4.78, 5) is 0. The molecule has 2 heterocycles. The lowest BCUT2D eigenvalue weighted by molar-refractivity contribution is 1.18. The molecule has 0 spiro atoms. The second kappa shape index (κ2) is 9.69. The quantitative estimate of drug-likeness (QED) is 0.195. The average Bonchev–Trinajstić information content (AvgIpc) is 3.63. The van der Waals surface area contributed by atoms with Crippen molar-refractivity contribution in [3.63, 3.8) is 0 Å². The maximum atomic E-state index is 2.50. The number of hydrogen-bond acceptors (Lipinski definition) is 0. The molecule has 10 aromatic rings. The third-order valence-electron chi connectivity index (χ3n) is 9.67. The zero-order valence-corrected chi connectivity index (χ0v) is 25.1. The van der Waals surface area contributed by atoms with Crippen LogP contribution in [0.2, 0.25) is 0 Å². The molecule has 8 aromatic carbocycles. The van der Waals surface area contributed by atoms with Crippen LogP contribution in [0.3, 0.4) is 0 Å². The molecular formula is C44H28N2. The molecule has 0 N–H and O–H groups in total. The number of para-hydroxylation sites is 2. The van der Waals surface area contributed by atoms with Crippen molar-refractivity contribution in [1.82, 2.24) is 9.13 Å². The second-order valence-corrected chi connectivity index (χ2v) is 12.1. The minimum Gasteiger partial charge on any atom is -0.309 e. The Kier molecular flexibility index (Phi) is 5.31. The largest absolute Gasteiger partial charge is 0.309 e. The van der Waals surface area contributed by atoms with Crippen LogP contribution in [-0.2, 0) is 0 Å². The Labute approximate surface area is 266 Å². The standard InChI is InChI=1S/C44H28N2/c1-3-13-29(14-4-1)33-20-11-22-35-34(33)21-12-24-40(35)46-41-26-25-37-36-19-9-10-23-39(36)45(32-17-5-2-6-18-32)44(37)43(41)38-27-30-15-7-8-16-31(30)28-42(38)46/h1-28H. The molecule has 0 aliphatic carbocycles. The lowest BCUT2D eigenvalue weighted by Crippen LogP contribution is -1.96. The van der Waals surface area contributed by atoms with Crippen LogP contribution in [0.25, 0.3) is 87.7 Å². The first-order chi connectivity index (χ1) is 22.8. The molecule has 2 heteroatoms. The van der Waals surface area contributed by atoms with Gasteiger partial charge >= 0.3 is 0 Å². The predicted octanol–water partition coefficient (Wildman–Crippen LogP) is 11.9. The van der Waals surface area contributed by atoms with Gasteiger partial charge in [0.15, 0.2) is 0 Å². The van der Waals surface area contributed by atoms with Crippen molar-refractivity contribution in [3.05, 3.63) is 170 Å². The van der Waals surface area contributed by atoms with E-state index in [1.54, 1.807) is 0 Å². The molecule has 0 aliphatic rings.